The van der Waals surface area contributed by atoms with Gasteiger partial charge in [0.15, 0.2) is 11.5 Å². The van der Waals surface area contributed by atoms with Crippen molar-refractivity contribution in [2.45, 2.75) is 23.1 Å². The molecule has 3 aromatic carbocycles. The van der Waals surface area contributed by atoms with Gasteiger partial charge in [-0.15, -0.1) is 10.2 Å². The summed E-state index contributed by atoms with van der Waals surface area (Å²) < 4.78 is 83.1. The number of aromatic nitrogens is 6. The summed E-state index contributed by atoms with van der Waals surface area (Å²) in [6.07, 6.45) is 1.57. The van der Waals surface area contributed by atoms with Crippen molar-refractivity contribution in [3.63, 3.8) is 0 Å². The van der Waals surface area contributed by atoms with Crippen LogP contribution in [0.5, 0.6) is 0 Å². The zero-order chi connectivity index (χ0) is 33.3. The number of benzene rings is 3. The maximum Gasteiger partial charge on any atom is 0.366 e. The van der Waals surface area contributed by atoms with Crippen LogP contribution >= 0.6 is 0 Å². The van der Waals surface area contributed by atoms with Crippen LogP contribution in [0.1, 0.15) is 12.6 Å². The fourth-order valence-corrected chi connectivity index (χ4v) is 6.55. The standard InChI is InChI=1S/C27H24N10O7S3.Y/c1-3-22-23(30-31-27-29-25(34-44-27)17-8-5-9-18(14-17)35-46(2,40)41)26-28-24(33-37(26)32-22)16-7-4-10-19(13-16)36-47(42,43)21-12-6-11-20(15-21)45(38)39;/h4-15,32,35-36H,3H2,1-2H3,(H,38,39);/p-1. The van der Waals surface area contributed by atoms with Crippen LogP contribution in [0, 0.1) is 0 Å². The quantitative estimate of drug-likeness (QED) is 0.124. The smallest absolute Gasteiger partial charge is 0.366 e. The number of hydrogen-bond acceptors (Lipinski definition) is 13. The van der Waals surface area contributed by atoms with Crippen LogP contribution in [-0.2, 0) is 70.3 Å². The van der Waals surface area contributed by atoms with E-state index in [-0.39, 0.29) is 65.9 Å². The summed E-state index contributed by atoms with van der Waals surface area (Å²) >= 11 is -2.59. The van der Waals surface area contributed by atoms with E-state index >= 15 is 0 Å². The molecule has 1 unspecified atom stereocenters. The molecule has 0 fully saturated rings. The van der Waals surface area contributed by atoms with Gasteiger partial charge in [0.2, 0.25) is 21.5 Å². The number of nitrogens with zero attached hydrogens (tertiary/aromatic N) is 7. The summed E-state index contributed by atoms with van der Waals surface area (Å²) in [4.78, 5) is 8.43. The van der Waals surface area contributed by atoms with Crippen molar-refractivity contribution < 1.29 is 62.8 Å². The third-order valence-corrected chi connectivity index (χ3v) is 9.08. The Bertz CT molecular complexity index is 2410. The summed E-state index contributed by atoms with van der Waals surface area (Å²) in [5, 5.41) is 19.8. The van der Waals surface area contributed by atoms with E-state index < -0.39 is 31.1 Å². The molecule has 0 saturated heterocycles. The third kappa shape index (κ3) is 7.91. The number of hydrogen-bond donors (Lipinski definition) is 3. The first-order chi connectivity index (χ1) is 22.4. The van der Waals surface area contributed by atoms with Gasteiger partial charge in [-0.25, -0.2) is 21.8 Å². The van der Waals surface area contributed by atoms with Crippen molar-refractivity contribution in [3.8, 4) is 22.8 Å². The SMILES string of the molecule is CCc1[nH]n2nc(-c3cccc(NS(=O)(=O)c4cccc(S(=O)[O-])c4)c3)nc2c1N=Nc1nc(-c2cccc(NS(C)(=O)=O)c2)no1.[Y]. The van der Waals surface area contributed by atoms with Crippen molar-refractivity contribution in [1.29, 1.82) is 0 Å². The second kappa shape index (κ2) is 14.1. The first-order valence-corrected chi connectivity index (χ1v) is 18.0. The molecule has 3 heterocycles. The Morgan fingerprint density at radius 3 is 2.25 bits per heavy atom. The largest absolute Gasteiger partial charge is 0.768 e. The van der Waals surface area contributed by atoms with Gasteiger partial charge in [0.1, 0.15) is 0 Å². The molecular weight excluding hydrogens is 761 g/mol. The number of H-pyrrole nitrogens is 1. The van der Waals surface area contributed by atoms with Gasteiger partial charge in [0, 0.05) is 60.1 Å². The van der Waals surface area contributed by atoms with Crippen LogP contribution in [-0.4, -0.2) is 61.8 Å². The first kappa shape index (κ1) is 35.1. The van der Waals surface area contributed by atoms with Crippen LogP contribution in [0.25, 0.3) is 28.4 Å². The Morgan fingerprint density at radius 1 is 0.917 bits per heavy atom. The number of sulfonamides is 2. The molecule has 0 saturated carbocycles. The summed E-state index contributed by atoms with van der Waals surface area (Å²) in [6, 6.07) is 17.6. The molecule has 245 valence electrons. The minimum atomic E-state index is -4.11. The van der Waals surface area contributed by atoms with E-state index in [9.17, 15) is 25.6 Å². The van der Waals surface area contributed by atoms with Gasteiger partial charge in [-0.05, 0) is 60.0 Å². The van der Waals surface area contributed by atoms with Gasteiger partial charge in [-0.1, -0.05) is 47.5 Å². The van der Waals surface area contributed by atoms with E-state index in [2.05, 4.69) is 45.0 Å². The second-order valence-electron chi connectivity index (χ2n) is 9.91. The number of rotatable bonds is 11. The minimum Gasteiger partial charge on any atom is -0.768 e. The molecule has 3 aromatic heterocycles. The zero-order valence-electron chi connectivity index (χ0n) is 24.9. The number of aromatic amines is 1. The van der Waals surface area contributed by atoms with Crippen LogP contribution in [0.4, 0.5) is 23.1 Å². The van der Waals surface area contributed by atoms with Crippen molar-refractivity contribution in [3.05, 3.63) is 78.5 Å². The van der Waals surface area contributed by atoms with Crippen molar-refractivity contribution in [2.75, 3.05) is 15.7 Å². The maximum atomic E-state index is 13.0. The summed E-state index contributed by atoms with van der Waals surface area (Å²) in [7, 11) is -7.58. The van der Waals surface area contributed by atoms with E-state index in [1.54, 1.807) is 36.4 Å². The minimum absolute atomic E-state index is 0. The molecule has 6 aromatic rings. The number of fused-ring (bicyclic) bond motifs is 1. The molecule has 0 bridgehead atoms. The maximum absolute atomic E-state index is 13.0. The number of aryl methyl sites for hydroxylation is 1. The van der Waals surface area contributed by atoms with E-state index in [0.717, 1.165) is 12.3 Å². The van der Waals surface area contributed by atoms with Gasteiger partial charge in [-0.3, -0.25) is 18.8 Å². The molecular formula is C27H23N10O7S3Y-. The molecule has 3 N–H and O–H groups in total. The van der Waals surface area contributed by atoms with Crippen LogP contribution in [0.3, 0.4) is 0 Å². The van der Waals surface area contributed by atoms with Crippen molar-refractivity contribution >= 4 is 59.9 Å². The van der Waals surface area contributed by atoms with Crippen molar-refractivity contribution in [1.82, 2.24) is 30.0 Å². The fraction of sp³-hybridized carbons (Fsp3) is 0.111. The Kier molecular flexibility index (Phi) is 10.3. The predicted molar refractivity (Wildman–Crippen MR) is 169 cm³/mol. The van der Waals surface area contributed by atoms with Gasteiger partial charge in [0.05, 0.1) is 16.8 Å². The topological polar surface area (TPSA) is 242 Å². The Morgan fingerprint density at radius 2 is 1.58 bits per heavy atom. The molecule has 21 heteroatoms. The molecule has 0 aliphatic carbocycles. The van der Waals surface area contributed by atoms with Gasteiger partial charge in [0.25, 0.3) is 10.0 Å². The summed E-state index contributed by atoms with van der Waals surface area (Å²) in [5.74, 6) is 0.419. The monoisotopic (exact) mass is 784 g/mol. The Hall–Kier alpha value is -4.21. The normalized spacial score (nSPS) is 12.6. The predicted octanol–water partition coefficient (Wildman–Crippen LogP) is 4.16. The van der Waals surface area contributed by atoms with Crippen LogP contribution in [0.15, 0.2) is 97.3 Å². The molecule has 0 spiro atoms. The van der Waals surface area contributed by atoms with E-state index in [0.29, 0.717) is 40.3 Å². The van der Waals surface area contributed by atoms with E-state index in [1.807, 2.05) is 6.92 Å². The average molecular weight is 785 g/mol. The molecule has 48 heavy (non-hydrogen) atoms. The van der Waals surface area contributed by atoms with Crippen LogP contribution in [0.2, 0.25) is 0 Å². The Labute approximate surface area is 300 Å². The summed E-state index contributed by atoms with van der Waals surface area (Å²) in [6.45, 7) is 1.90. The first-order valence-electron chi connectivity index (χ1n) is 13.5. The molecule has 0 amide bonds. The third-order valence-electron chi connectivity index (χ3n) is 6.46. The zero-order valence-corrected chi connectivity index (χ0v) is 30.2. The van der Waals surface area contributed by atoms with Gasteiger partial charge < -0.3 is 9.08 Å². The molecule has 1 atom stereocenters. The molecule has 0 aliphatic rings. The van der Waals surface area contributed by atoms with Crippen molar-refractivity contribution in [2.24, 2.45) is 10.2 Å². The van der Waals surface area contributed by atoms with E-state index in [4.69, 9.17) is 4.52 Å². The fourth-order valence-electron chi connectivity index (χ4n) is 4.42. The summed E-state index contributed by atoms with van der Waals surface area (Å²) in [5.41, 5.74) is 2.85. The number of nitrogens with one attached hydrogen (secondary N) is 3. The average Bonchev–Trinajstić information content (AvgIpc) is 3.75. The number of azo groups is 1. The molecule has 1 radical (unpaired) electrons. The molecule has 17 nitrogen and oxygen atoms in total. The second-order valence-corrected chi connectivity index (χ2v) is 14.3. The van der Waals surface area contributed by atoms with Gasteiger partial charge >= 0.3 is 6.01 Å². The number of anilines is 2. The Balaban J connectivity index is 0.00000451. The molecule has 0 aliphatic heterocycles. The van der Waals surface area contributed by atoms with Gasteiger partial charge in [-0.2, -0.15) is 9.61 Å². The molecule has 6 rings (SSSR count). The van der Waals surface area contributed by atoms with E-state index in [1.165, 1.54) is 35.0 Å². The van der Waals surface area contributed by atoms with Crippen LogP contribution < -0.4 is 9.44 Å².